The number of allylic oxidation sites excluding steroid dienone is 1. The van der Waals surface area contributed by atoms with E-state index in [0.717, 1.165) is 0 Å². The number of benzene rings is 2. The van der Waals surface area contributed by atoms with E-state index >= 15 is 0 Å². The molecule has 7 nitrogen and oxygen atoms in total. The smallest absolute Gasteiger partial charge is 0.340 e. The molecule has 0 spiro atoms. The van der Waals surface area contributed by atoms with Crippen molar-refractivity contribution in [1.82, 2.24) is 0 Å². The van der Waals surface area contributed by atoms with Crippen molar-refractivity contribution in [2.24, 2.45) is 5.73 Å². The molecule has 2 aromatic rings. The van der Waals surface area contributed by atoms with Crippen molar-refractivity contribution in [2.75, 3.05) is 11.3 Å². The molecule has 4 N–H and O–H groups in total. The number of ether oxygens (including phenoxy) is 1. The Morgan fingerprint density at radius 1 is 1.19 bits per heavy atom. The zero-order valence-corrected chi connectivity index (χ0v) is 15.2. The molecule has 0 amide bonds. The third-order valence-corrected chi connectivity index (χ3v) is 4.84. The van der Waals surface area contributed by atoms with Crippen LogP contribution in [0.3, 0.4) is 0 Å². The number of phenols is 1. The van der Waals surface area contributed by atoms with Crippen LogP contribution in [0.25, 0.3) is 5.57 Å². The standard InChI is InChI=1S/C18H20N2O5S/c1-3-25-18(22)17(12(2)19)15-11-13(9-10-16(15)21)20-26(23,24)14-7-5-4-6-8-14/h4-11,20-21H,3,19H2,1-2H3. The van der Waals surface area contributed by atoms with Crippen LogP contribution in [0, 0.1) is 0 Å². The number of phenolic OH excluding ortho intramolecular Hbond substituents is 1. The van der Waals surface area contributed by atoms with E-state index in [2.05, 4.69) is 4.72 Å². The molecule has 2 rings (SSSR count). The number of hydrogen-bond donors (Lipinski definition) is 3. The van der Waals surface area contributed by atoms with Gasteiger partial charge in [0.05, 0.1) is 17.1 Å². The molecular formula is C18H20N2O5S. The van der Waals surface area contributed by atoms with Crippen molar-refractivity contribution in [3.05, 3.63) is 59.8 Å². The second-order valence-electron chi connectivity index (χ2n) is 5.43. The van der Waals surface area contributed by atoms with Crippen LogP contribution < -0.4 is 10.5 Å². The normalized spacial score (nSPS) is 12.2. The van der Waals surface area contributed by atoms with Crippen LogP contribution in [-0.2, 0) is 19.6 Å². The Kier molecular flexibility index (Phi) is 5.89. The molecule has 26 heavy (non-hydrogen) atoms. The number of aromatic hydroxyl groups is 1. The fourth-order valence-electron chi connectivity index (χ4n) is 2.30. The number of anilines is 1. The van der Waals surface area contributed by atoms with Gasteiger partial charge in [-0.2, -0.15) is 0 Å². The number of esters is 1. The Hall–Kier alpha value is -3.00. The zero-order valence-electron chi connectivity index (χ0n) is 14.4. The van der Waals surface area contributed by atoms with E-state index in [-0.39, 0.29) is 39.8 Å². The fraction of sp³-hybridized carbons (Fsp3) is 0.167. The van der Waals surface area contributed by atoms with Gasteiger partial charge in [0.1, 0.15) is 5.75 Å². The quantitative estimate of drug-likeness (QED) is 0.405. The predicted molar refractivity (Wildman–Crippen MR) is 98.8 cm³/mol. The minimum atomic E-state index is -3.81. The first kappa shape index (κ1) is 19.3. The van der Waals surface area contributed by atoms with E-state index in [1.165, 1.54) is 37.3 Å². The number of rotatable bonds is 6. The van der Waals surface area contributed by atoms with E-state index < -0.39 is 16.0 Å². The highest BCUT2D eigenvalue weighted by atomic mass is 32.2. The van der Waals surface area contributed by atoms with Crippen LogP contribution in [0.2, 0.25) is 0 Å². The summed E-state index contributed by atoms with van der Waals surface area (Å²) in [5.41, 5.74) is 6.14. The average molecular weight is 376 g/mol. The monoisotopic (exact) mass is 376 g/mol. The van der Waals surface area contributed by atoms with Gasteiger partial charge in [-0.05, 0) is 44.2 Å². The summed E-state index contributed by atoms with van der Waals surface area (Å²) in [6.07, 6.45) is 0. The van der Waals surface area contributed by atoms with Crippen molar-refractivity contribution in [2.45, 2.75) is 18.7 Å². The molecule has 2 aromatic carbocycles. The van der Waals surface area contributed by atoms with Gasteiger partial charge in [0.15, 0.2) is 0 Å². The van der Waals surface area contributed by atoms with Crippen LogP contribution in [0.4, 0.5) is 5.69 Å². The maximum absolute atomic E-state index is 12.4. The topological polar surface area (TPSA) is 119 Å². The minimum Gasteiger partial charge on any atom is -0.507 e. The zero-order chi connectivity index (χ0) is 19.3. The molecule has 0 aliphatic carbocycles. The van der Waals surface area contributed by atoms with Crippen molar-refractivity contribution in [3.63, 3.8) is 0 Å². The Balaban J connectivity index is 2.44. The Labute approximate surface area is 152 Å². The molecular weight excluding hydrogens is 356 g/mol. The molecule has 0 heterocycles. The van der Waals surface area contributed by atoms with Crippen LogP contribution in [0.5, 0.6) is 5.75 Å². The maximum atomic E-state index is 12.4. The van der Waals surface area contributed by atoms with E-state index in [4.69, 9.17) is 10.5 Å². The first-order chi connectivity index (χ1) is 12.3. The largest absolute Gasteiger partial charge is 0.507 e. The second kappa shape index (κ2) is 7.92. The van der Waals surface area contributed by atoms with Crippen molar-refractivity contribution in [3.8, 4) is 5.75 Å². The minimum absolute atomic E-state index is 0.0230. The molecule has 0 unspecified atom stereocenters. The third kappa shape index (κ3) is 4.34. The molecule has 0 saturated carbocycles. The lowest BCUT2D eigenvalue weighted by Gasteiger charge is -2.14. The lowest BCUT2D eigenvalue weighted by atomic mass is 10.0. The Morgan fingerprint density at radius 2 is 1.85 bits per heavy atom. The Morgan fingerprint density at radius 3 is 2.42 bits per heavy atom. The summed E-state index contributed by atoms with van der Waals surface area (Å²) in [7, 11) is -3.81. The van der Waals surface area contributed by atoms with Gasteiger partial charge >= 0.3 is 5.97 Å². The van der Waals surface area contributed by atoms with Gasteiger partial charge in [-0.25, -0.2) is 13.2 Å². The van der Waals surface area contributed by atoms with Crippen molar-refractivity contribution < 1.29 is 23.1 Å². The highest BCUT2D eigenvalue weighted by molar-refractivity contribution is 7.92. The number of hydrogen-bond acceptors (Lipinski definition) is 6. The molecule has 0 aliphatic heterocycles. The van der Waals surface area contributed by atoms with Crippen LogP contribution in [0.1, 0.15) is 19.4 Å². The van der Waals surface area contributed by atoms with Crippen LogP contribution in [-0.4, -0.2) is 26.1 Å². The molecule has 0 fully saturated rings. The molecule has 0 radical (unpaired) electrons. The molecule has 0 bridgehead atoms. The molecule has 0 aromatic heterocycles. The van der Waals surface area contributed by atoms with E-state index in [0.29, 0.717) is 0 Å². The van der Waals surface area contributed by atoms with Gasteiger partial charge < -0.3 is 15.6 Å². The number of nitrogens with two attached hydrogens (primary N) is 1. The van der Waals surface area contributed by atoms with E-state index in [9.17, 15) is 18.3 Å². The molecule has 0 atom stereocenters. The number of nitrogens with one attached hydrogen (secondary N) is 1. The maximum Gasteiger partial charge on any atom is 0.340 e. The number of carbonyl (C=O) groups excluding carboxylic acids is 1. The lowest BCUT2D eigenvalue weighted by molar-refractivity contribution is -0.136. The van der Waals surface area contributed by atoms with Gasteiger partial charge in [0, 0.05) is 16.9 Å². The molecule has 8 heteroatoms. The van der Waals surface area contributed by atoms with Gasteiger partial charge in [0.2, 0.25) is 0 Å². The third-order valence-electron chi connectivity index (χ3n) is 3.45. The second-order valence-corrected chi connectivity index (χ2v) is 7.11. The lowest BCUT2D eigenvalue weighted by Crippen LogP contribution is -2.14. The van der Waals surface area contributed by atoms with Gasteiger partial charge in [-0.15, -0.1) is 0 Å². The van der Waals surface area contributed by atoms with Crippen LogP contribution >= 0.6 is 0 Å². The summed E-state index contributed by atoms with van der Waals surface area (Å²) in [4.78, 5) is 12.2. The Bertz CT molecular complexity index is 933. The van der Waals surface area contributed by atoms with E-state index in [1.807, 2.05) is 0 Å². The first-order valence-corrected chi connectivity index (χ1v) is 9.29. The highest BCUT2D eigenvalue weighted by Gasteiger charge is 2.21. The SMILES string of the molecule is CCOC(=O)C(=C(C)N)c1cc(NS(=O)(=O)c2ccccc2)ccc1O. The molecule has 0 aliphatic rings. The summed E-state index contributed by atoms with van der Waals surface area (Å²) in [5, 5.41) is 10.1. The molecule has 138 valence electrons. The summed E-state index contributed by atoms with van der Waals surface area (Å²) in [6, 6.07) is 11.8. The van der Waals surface area contributed by atoms with Gasteiger partial charge in [-0.1, -0.05) is 18.2 Å². The van der Waals surface area contributed by atoms with Crippen LogP contribution in [0.15, 0.2) is 59.1 Å². The summed E-state index contributed by atoms with van der Waals surface area (Å²) in [5.74, 6) is -0.925. The summed E-state index contributed by atoms with van der Waals surface area (Å²) < 4.78 is 32.2. The average Bonchev–Trinajstić information content (AvgIpc) is 2.58. The predicted octanol–water partition coefficient (Wildman–Crippen LogP) is 2.45. The van der Waals surface area contributed by atoms with Gasteiger partial charge in [-0.3, -0.25) is 4.72 Å². The number of carbonyl (C=O) groups is 1. The first-order valence-electron chi connectivity index (χ1n) is 7.81. The number of sulfonamides is 1. The van der Waals surface area contributed by atoms with Crippen molar-refractivity contribution >= 4 is 27.3 Å². The highest BCUT2D eigenvalue weighted by Crippen LogP contribution is 2.31. The van der Waals surface area contributed by atoms with E-state index in [1.54, 1.807) is 25.1 Å². The summed E-state index contributed by atoms with van der Waals surface area (Å²) >= 11 is 0. The fourth-order valence-corrected chi connectivity index (χ4v) is 3.37. The van der Waals surface area contributed by atoms with Crippen molar-refractivity contribution in [1.29, 1.82) is 0 Å². The summed E-state index contributed by atoms with van der Waals surface area (Å²) in [6.45, 7) is 3.27. The molecule has 0 saturated heterocycles. The van der Waals surface area contributed by atoms with Gasteiger partial charge in [0.25, 0.3) is 10.0 Å².